The van der Waals surface area contributed by atoms with Gasteiger partial charge >= 0.3 is 12.2 Å². The number of cyclic esters (lactones) is 1. The van der Waals surface area contributed by atoms with Crippen LogP contribution in [-0.2, 0) is 47.0 Å². The monoisotopic (exact) mass is 739 g/mol. The molecule has 0 spiro atoms. The molecule has 52 heavy (non-hydrogen) atoms. The molecular formula is C37H49N5O9S. The summed E-state index contributed by atoms with van der Waals surface area (Å²) in [6, 6.07) is 3.62. The fraction of sp³-hybridized carbons (Fsp3) is 0.595. The predicted octanol–water partition coefficient (Wildman–Crippen LogP) is 3.65. The number of sulfonamides is 1. The molecular weight excluding hydrogens is 691 g/mol. The van der Waals surface area contributed by atoms with Crippen molar-refractivity contribution in [3.63, 3.8) is 0 Å². The number of benzene rings is 1. The molecule has 3 heterocycles. The first-order chi connectivity index (χ1) is 24.7. The van der Waals surface area contributed by atoms with Crippen molar-refractivity contribution in [3.05, 3.63) is 53.6 Å². The minimum absolute atomic E-state index is 0.0765. The van der Waals surface area contributed by atoms with Crippen molar-refractivity contribution >= 4 is 46.0 Å². The first-order valence-corrected chi connectivity index (χ1v) is 19.7. The van der Waals surface area contributed by atoms with Gasteiger partial charge in [-0.25, -0.2) is 18.0 Å². The zero-order valence-electron chi connectivity index (χ0n) is 30.0. The maximum Gasteiger partial charge on any atom is 0.410 e. The van der Waals surface area contributed by atoms with Crippen LogP contribution in [0.15, 0.2) is 36.9 Å². The predicted molar refractivity (Wildman–Crippen MR) is 191 cm³/mol. The Kier molecular flexibility index (Phi) is 10.5. The Hall–Kier alpha value is -4.40. The SMILES string of the molecule is C=C[C@@H]1C[C@]1(NC(=O)[C@@H]1C[C@@H]2CN1C(=O)[C@H](CCCC)NC(=O)OC(C)(C)CC/C=C/c1cccc3c1CN(C3)C(=O)O2)C(=O)NS(=O)(=O)C1CC1. The number of alkyl carbamates (subject to hydrolysis) is 1. The number of nitrogens with one attached hydrogen (secondary N) is 3. The van der Waals surface area contributed by atoms with Crippen LogP contribution in [0.3, 0.4) is 0 Å². The molecule has 1 saturated heterocycles. The number of carbonyl (C=O) groups excluding carboxylic acids is 5. The van der Waals surface area contributed by atoms with Gasteiger partial charge in [0.15, 0.2) is 0 Å². The molecule has 4 bridgehead atoms. The topological polar surface area (TPSA) is 181 Å². The zero-order valence-corrected chi connectivity index (χ0v) is 30.8. The molecule has 6 rings (SSSR count). The fourth-order valence-electron chi connectivity index (χ4n) is 7.33. The second-order valence-electron chi connectivity index (χ2n) is 15.2. The molecule has 15 heteroatoms. The van der Waals surface area contributed by atoms with Crippen molar-refractivity contribution < 1.29 is 41.9 Å². The Morgan fingerprint density at radius 2 is 1.92 bits per heavy atom. The zero-order chi connectivity index (χ0) is 37.4. The van der Waals surface area contributed by atoms with Gasteiger partial charge in [-0.15, -0.1) is 6.58 Å². The Morgan fingerprint density at radius 1 is 1.15 bits per heavy atom. The number of hydrogen-bond donors (Lipinski definition) is 3. The summed E-state index contributed by atoms with van der Waals surface area (Å²) in [5.41, 5.74) is 0.521. The Morgan fingerprint density at radius 3 is 2.62 bits per heavy atom. The largest absolute Gasteiger partial charge is 0.444 e. The van der Waals surface area contributed by atoms with Crippen molar-refractivity contribution in [1.82, 2.24) is 25.2 Å². The molecule has 3 fully saturated rings. The number of rotatable bonds is 9. The molecule has 0 radical (unpaired) electrons. The van der Waals surface area contributed by atoms with Crippen LogP contribution in [0.2, 0.25) is 0 Å². The number of amides is 5. The number of nitrogens with zero attached hydrogens (tertiary/aromatic N) is 2. The Labute approximate surface area is 304 Å². The number of carbonyl (C=O) groups is 5. The number of unbranched alkanes of at least 4 members (excludes halogenated alkanes) is 1. The van der Waals surface area contributed by atoms with Crippen LogP contribution >= 0.6 is 0 Å². The highest BCUT2D eigenvalue weighted by Crippen LogP contribution is 2.45. The van der Waals surface area contributed by atoms with Gasteiger partial charge in [0.05, 0.1) is 18.3 Å². The summed E-state index contributed by atoms with van der Waals surface area (Å²) in [7, 11) is -3.91. The van der Waals surface area contributed by atoms with Crippen molar-refractivity contribution in [2.45, 2.75) is 126 Å². The van der Waals surface area contributed by atoms with Crippen LogP contribution in [0.1, 0.15) is 95.2 Å². The first kappa shape index (κ1) is 37.4. The number of allylic oxidation sites excluding steroid dienone is 1. The lowest BCUT2D eigenvalue weighted by atomic mass is 10.00. The summed E-state index contributed by atoms with van der Waals surface area (Å²) in [5.74, 6) is -2.67. The van der Waals surface area contributed by atoms with E-state index in [-0.39, 0.29) is 25.8 Å². The van der Waals surface area contributed by atoms with Crippen molar-refractivity contribution in [2.24, 2.45) is 5.92 Å². The molecule has 2 saturated carbocycles. The molecule has 3 N–H and O–H groups in total. The Balaban J connectivity index is 1.28. The van der Waals surface area contributed by atoms with E-state index in [4.69, 9.17) is 9.47 Å². The summed E-state index contributed by atoms with van der Waals surface area (Å²) < 4.78 is 39.2. The van der Waals surface area contributed by atoms with E-state index >= 15 is 0 Å². The normalized spacial score (nSPS) is 29.4. The highest BCUT2D eigenvalue weighted by molar-refractivity contribution is 7.91. The van der Waals surface area contributed by atoms with E-state index in [1.165, 1.54) is 11.0 Å². The molecule has 14 nitrogen and oxygen atoms in total. The minimum atomic E-state index is -3.91. The summed E-state index contributed by atoms with van der Waals surface area (Å²) >= 11 is 0. The summed E-state index contributed by atoms with van der Waals surface area (Å²) in [4.78, 5) is 71.6. The van der Waals surface area contributed by atoms with Gasteiger partial charge in [0.1, 0.15) is 29.3 Å². The van der Waals surface area contributed by atoms with Crippen LogP contribution in [0.25, 0.3) is 6.08 Å². The maximum atomic E-state index is 14.3. The Bertz CT molecular complexity index is 1770. The lowest BCUT2D eigenvalue weighted by molar-refractivity contribution is -0.141. The van der Waals surface area contributed by atoms with Crippen LogP contribution in [0, 0.1) is 5.92 Å². The first-order valence-electron chi connectivity index (χ1n) is 18.2. The summed E-state index contributed by atoms with van der Waals surface area (Å²) in [5, 5.41) is 4.82. The van der Waals surface area contributed by atoms with E-state index < -0.39 is 80.4 Å². The smallest absolute Gasteiger partial charge is 0.410 e. The van der Waals surface area contributed by atoms with Crippen LogP contribution < -0.4 is 15.4 Å². The number of fused-ring (bicyclic) bond motifs is 3. The van der Waals surface area contributed by atoms with Crippen LogP contribution in [0.5, 0.6) is 0 Å². The van der Waals surface area contributed by atoms with E-state index in [2.05, 4.69) is 21.9 Å². The van der Waals surface area contributed by atoms with Crippen LogP contribution in [-0.4, -0.2) is 89.2 Å². The number of hydrogen-bond acceptors (Lipinski definition) is 9. The molecule has 3 aliphatic heterocycles. The van der Waals surface area contributed by atoms with Gasteiger partial charge in [-0.1, -0.05) is 56.2 Å². The van der Waals surface area contributed by atoms with E-state index in [0.29, 0.717) is 45.2 Å². The second-order valence-corrected chi connectivity index (χ2v) is 17.2. The van der Waals surface area contributed by atoms with Gasteiger partial charge in [-0.2, -0.15) is 0 Å². The van der Waals surface area contributed by atoms with Crippen molar-refractivity contribution in [1.29, 1.82) is 0 Å². The second kappa shape index (κ2) is 14.6. The standard InChI is InChI=1S/C37H49N5O9S/c1-5-7-14-29-32(44)42-21-26(18-30(42)31(43)39-37(19-25(37)6-2)33(45)40-52(48,49)27-15-16-27)50-35(47)41-20-24-13-10-12-23(28(24)22-41)11-8-9-17-36(3,4)51-34(46)38-29/h6,8,10-13,25-27,29-30H,2,5,7,9,14-22H2,1,3-4H3,(H,38,46)(H,39,43)(H,40,45)/b11-8+/t25-,26-,29+,30+,37-/m1/s1. The molecule has 2 aliphatic carbocycles. The lowest BCUT2D eigenvalue weighted by Gasteiger charge is -2.31. The molecule has 1 aromatic rings. The van der Waals surface area contributed by atoms with Crippen molar-refractivity contribution in [2.75, 3.05) is 6.54 Å². The molecule has 0 aromatic heterocycles. The summed E-state index contributed by atoms with van der Waals surface area (Å²) in [6.45, 7) is 9.83. The third kappa shape index (κ3) is 7.98. The third-order valence-electron chi connectivity index (χ3n) is 10.7. The molecule has 0 unspecified atom stereocenters. The number of ether oxygens (including phenoxy) is 2. The minimum Gasteiger partial charge on any atom is -0.444 e. The molecule has 5 atom stereocenters. The average Bonchev–Trinajstić information content (AvgIpc) is 3.98. The van der Waals surface area contributed by atoms with E-state index in [1.54, 1.807) is 18.7 Å². The van der Waals surface area contributed by atoms with E-state index in [9.17, 15) is 32.4 Å². The van der Waals surface area contributed by atoms with E-state index in [0.717, 1.165) is 23.1 Å². The van der Waals surface area contributed by atoms with Gasteiger partial charge < -0.3 is 25.0 Å². The molecule has 282 valence electrons. The quantitative estimate of drug-likeness (QED) is 0.319. The maximum absolute atomic E-state index is 14.3. The lowest BCUT2D eigenvalue weighted by Crippen LogP contribution is -2.58. The fourth-order valence-corrected chi connectivity index (χ4v) is 8.69. The van der Waals surface area contributed by atoms with Crippen molar-refractivity contribution in [3.8, 4) is 0 Å². The van der Waals surface area contributed by atoms with Gasteiger partial charge in [-0.3, -0.25) is 24.0 Å². The van der Waals surface area contributed by atoms with Gasteiger partial charge in [0.25, 0.3) is 5.91 Å². The van der Waals surface area contributed by atoms with Gasteiger partial charge in [0, 0.05) is 18.9 Å². The van der Waals surface area contributed by atoms with Crippen LogP contribution in [0.4, 0.5) is 9.59 Å². The molecule has 5 amide bonds. The molecule has 1 aromatic carbocycles. The third-order valence-corrected chi connectivity index (χ3v) is 12.5. The van der Waals surface area contributed by atoms with Gasteiger partial charge in [-0.05, 0) is 69.1 Å². The average molecular weight is 740 g/mol. The van der Waals surface area contributed by atoms with E-state index in [1.807, 2.05) is 37.3 Å². The molecule has 5 aliphatic rings. The highest BCUT2D eigenvalue weighted by Gasteiger charge is 2.62. The highest BCUT2D eigenvalue weighted by atomic mass is 32.2. The van der Waals surface area contributed by atoms with Gasteiger partial charge in [0.2, 0.25) is 21.8 Å². The summed E-state index contributed by atoms with van der Waals surface area (Å²) in [6.07, 6.45) is 6.90.